The van der Waals surface area contributed by atoms with Crippen LogP contribution in [0.5, 0.6) is 11.6 Å². The van der Waals surface area contributed by atoms with Gasteiger partial charge in [-0.2, -0.15) is 4.39 Å². The molecule has 1 atom stereocenters. The zero-order valence-electron chi connectivity index (χ0n) is 10.8. The summed E-state index contributed by atoms with van der Waals surface area (Å²) >= 11 is 0. The van der Waals surface area contributed by atoms with Gasteiger partial charge in [0.15, 0.2) is 11.6 Å². The molecule has 0 unspecified atom stereocenters. The summed E-state index contributed by atoms with van der Waals surface area (Å²) in [6.07, 6.45) is 0.597. The first-order valence-corrected chi connectivity index (χ1v) is 5.84. The van der Waals surface area contributed by atoms with Crippen LogP contribution in [0, 0.1) is 21.7 Å². The molecule has 0 aliphatic rings. The van der Waals surface area contributed by atoms with E-state index in [0.717, 1.165) is 0 Å². The van der Waals surface area contributed by atoms with Crippen molar-refractivity contribution in [2.45, 2.75) is 13.0 Å². The van der Waals surface area contributed by atoms with Gasteiger partial charge in [-0.3, -0.25) is 10.1 Å². The van der Waals surface area contributed by atoms with Crippen molar-refractivity contribution in [1.82, 2.24) is 4.98 Å². The van der Waals surface area contributed by atoms with E-state index in [4.69, 9.17) is 4.74 Å². The van der Waals surface area contributed by atoms with E-state index in [1.54, 1.807) is 6.92 Å². The lowest BCUT2D eigenvalue weighted by Crippen LogP contribution is -1.98. The Labute approximate surface area is 117 Å². The number of hydrogen-bond donors (Lipinski definition) is 1. The van der Waals surface area contributed by atoms with E-state index in [9.17, 15) is 24.0 Å². The van der Waals surface area contributed by atoms with Gasteiger partial charge in [0.2, 0.25) is 11.7 Å². The Kier molecular flexibility index (Phi) is 4.08. The first-order valence-electron chi connectivity index (χ1n) is 5.84. The maximum absolute atomic E-state index is 13.6. The summed E-state index contributed by atoms with van der Waals surface area (Å²) in [5.41, 5.74) is -0.449. The van der Waals surface area contributed by atoms with Crippen LogP contribution in [0.4, 0.5) is 14.5 Å². The topological polar surface area (TPSA) is 85.5 Å². The number of halogens is 2. The molecule has 1 N–H and O–H groups in total. The molecule has 0 bridgehead atoms. The van der Waals surface area contributed by atoms with Crippen molar-refractivity contribution < 1.29 is 23.5 Å². The Hall–Kier alpha value is -2.61. The van der Waals surface area contributed by atoms with Gasteiger partial charge in [0.05, 0.1) is 17.1 Å². The highest BCUT2D eigenvalue weighted by atomic mass is 19.1. The van der Waals surface area contributed by atoms with Crippen LogP contribution in [0.3, 0.4) is 0 Å². The van der Waals surface area contributed by atoms with Crippen LogP contribution >= 0.6 is 0 Å². The van der Waals surface area contributed by atoms with Crippen LogP contribution < -0.4 is 4.74 Å². The second-order valence-corrected chi connectivity index (χ2v) is 4.20. The number of aliphatic hydroxyl groups is 1. The van der Waals surface area contributed by atoms with Crippen molar-refractivity contribution >= 4 is 5.69 Å². The molecule has 1 aromatic heterocycles. The van der Waals surface area contributed by atoms with E-state index in [0.29, 0.717) is 17.7 Å². The van der Waals surface area contributed by atoms with Crippen LogP contribution in [0.1, 0.15) is 18.6 Å². The first kappa shape index (κ1) is 14.8. The lowest BCUT2D eigenvalue weighted by molar-refractivity contribution is -0.387. The van der Waals surface area contributed by atoms with Crippen LogP contribution in [0.25, 0.3) is 0 Å². The van der Waals surface area contributed by atoms with Crippen molar-refractivity contribution in [3.05, 3.63) is 57.8 Å². The Morgan fingerprint density at radius 1 is 1.33 bits per heavy atom. The number of benzene rings is 1. The van der Waals surface area contributed by atoms with E-state index in [1.807, 2.05) is 0 Å². The summed E-state index contributed by atoms with van der Waals surface area (Å²) < 4.78 is 32.1. The Balaban J connectivity index is 2.27. The second-order valence-electron chi connectivity index (χ2n) is 4.20. The molecule has 0 saturated heterocycles. The van der Waals surface area contributed by atoms with Crippen LogP contribution in [0.2, 0.25) is 0 Å². The average molecular weight is 296 g/mol. The number of hydrogen-bond acceptors (Lipinski definition) is 5. The fourth-order valence-corrected chi connectivity index (χ4v) is 1.55. The number of ether oxygens (including phenoxy) is 1. The van der Waals surface area contributed by atoms with Gasteiger partial charge >= 0.3 is 5.69 Å². The molecule has 0 fully saturated rings. The van der Waals surface area contributed by atoms with Gasteiger partial charge in [-0.25, -0.2) is 9.37 Å². The van der Waals surface area contributed by atoms with Crippen LogP contribution in [-0.4, -0.2) is 15.0 Å². The lowest BCUT2D eigenvalue weighted by Gasteiger charge is -2.08. The van der Waals surface area contributed by atoms with E-state index < -0.39 is 34.1 Å². The van der Waals surface area contributed by atoms with Gasteiger partial charge in [-0.05, 0) is 18.6 Å². The highest BCUT2D eigenvalue weighted by Gasteiger charge is 2.20. The summed E-state index contributed by atoms with van der Waals surface area (Å²) in [5.74, 6) is -2.84. The maximum atomic E-state index is 13.6. The van der Waals surface area contributed by atoms with Crippen molar-refractivity contribution in [2.75, 3.05) is 0 Å². The molecule has 0 aliphatic heterocycles. The molecule has 0 radical (unpaired) electrons. The van der Waals surface area contributed by atoms with Crippen molar-refractivity contribution in [3.8, 4) is 11.6 Å². The normalized spacial score (nSPS) is 12.0. The summed E-state index contributed by atoms with van der Waals surface area (Å²) in [6, 6.07) is 3.89. The minimum atomic E-state index is -1.21. The zero-order valence-corrected chi connectivity index (χ0v) is 10.8. The third kappa shape index (κ3) is 3.29. The quantitative estimate of drug-likeness (QED) is 0.692. The van der Waals surface area contributed by atoms with E-state index in [2.05, 4.69) is 4.98 Å². The number of nitro benzene ring substituents is 1. The molecule has 6 nitrogen and oxygen atoms in total. The van der Waals surface area contributed by atoms with Gasteiger partial charge in [-0.15, -0.1) is 0 Å². The first-order chi connectivity index (χ1) is 9.88. The second kappa shape index (κ2) is 5.80. The summed E-state index contributed by atoms with van der Waals surface area (Å²) in [6.45, 7) is 1.54. The molecule has 8 heteroatoms. The van der Waals surface area contributed by atoms with Gasteiger partial charge in [0, 0.05) is 18.3 Å². The fraction of sp³-hybridized carbons (Fsp3) is 0.154. The molecular formula is C13H10F2N2O4. The Bertz CT molecular complexity index is 675. The van der Waals surface area contributed by atoms with Crippen LogP contribution in [0.15, 0.2) is 30.5 Å². The summed E-state index contributed by atoms with van der Waals surface area (Å²) in [4.78, 5) is 13.3. The maximum Gasteiger partial charge on any atom is 0.307 e. The van der Waals surface area contributed by atoms with E-state index in [-0.39, 0.29) is 5.88 Å². The zero-order chi connectivity index (χ0) is 15.6. The van der Waals surface area contributed by atoms with Gasteiger partial charge in [-0.1, -0.05) is 0 Å². The third-order valence-electron chi connectivity index (χ3n) is 2.65. The van der Waals surface area contributed by atoms with E-state index in [1.165, 1.54) is 18.3 Å². The molecule has 1 aromatic carbocycles. The molecule has 0 aliphatic carbocycles. The minimum Gasteiger partial charge on any atom is -0.436 e. The molecule has 1 heterocycles. The lowest BCUT2D eigenvalue weighted by atomic mass is 10.2. The van der Waals surface area contributed by atoms with Crippen molar-refractivity contribution in [2.24, 2.45) is 0 Å². The predicted molar refractivity (Wildman–Crippen MR) is 68.0 cm³/mol. The molecule has 0 spiro atoms. The monoisotopic (exact) mass is 296 g/mol. The van der Waals surface area contributed by atoms with Gasteiger partial charge in [0.25, 0.3) is 0 Å². The largest absolute Gasteiger partial charge is 0.436 e. The number of rotatable bonds is 4. The fourth-order valence-electron chi connectivity index (χ4n) is 1.55. The molecule has 110 valence electrons. The smallest absolute Gasteiger partial charge is 0.307 e. The molecular weight excluding hydrogens is 286 g/mol. The van der Waals surface area contributed by atoms with Crippen molar-refractivity contribution in [3.63, 3.8) is 0 Å². The van der Waals surface area contributed by atoms with Gasteiger partial charge in [0.1, 0.15) is 0 Å². The SMILES string of the molecule is C[C@H](O)c1ccc(Oc2cc(F)c([N+](=O)[O-])cc2F)nc1. The molecule has 21 heavy (non-hydrogen) atoms. The Morgan fingerprint density at radius 3 is 2.57 bits per heavy atom. The molecule has 0 amide bonds. The van der Waals surface area contributed by atoms with Crippen molar-refractivity contribution in [1.29, 1.82) is 0 Å². The minimum absolute atomic E-state index is 0.0356. The standard InChI is InChI=1S/C13H10F2N2O4/c1-7(18)8-2-3-13(16-6-8)21-12-5-9(14)11(17(19)20)4-10(12)15/h2-7,18H,1H3/t7-/m0/s1. The van der Waals surface area contributed by atoms with Gasteiger partial charge < -0.3 is 9.84 Å². The summed E-state index contributed by atoms with van der Waals surface area (Å²) in [5, 5.41) is 19.8. The Morgan fingerprint density at radius 2 is 2.05 bits per heavy atom. The predicted octanol–water partition coefficient (Wildman–Crippen LogP) is 3.11. The average Bonchev–Trinajstić information content (AvgIpc) is 2.42. The number of pyridine rings is 1. The summed E-state index contributed by atoms with van der Waals surface area (Å²) in [7, 11) is 0. The highest BCUT2D eigenvalue weighted by molar-refractivity contribution is 5.40. The molecule has 0 saturated carbocycles. The number of nitrogens with zero attached hydrogens (tertiary/aromatic N) is 2. The molecule has 2 aromatic rings. The molecule has 2 rings (SSSR count). The number of aromatic nitrogens is 1. The van der Waals surface area contributed by atoms with E-state index >= 15 is 0 Å². The number of aliphatic hydroxyl groups excluding tert-OH is 1. The highest BCUT2D eigenvalue weighted by Crippen LogP contribution is 2.29. The third-order valence-corrected chi connectivity index (χ3v) is 2.65. The number of nitro groups is 1. The van der Waals surface area contributed by atoms with Crippen LogP contribution in [-0.2, 0) is 0 Å².